The average Bonchev–Trinajstić information content (AvgIpc) is 3.23. The van der Waals surface area contributed by atoms with Gasteiger partial charge < -0.3 is 20.9 Å². The SMILES string of the molecule is NC1(C(=O)O)CN(S(=O)(=O)Nc2cc[nH]n2)CC1c1cccc(B(O)O)c1. The van der Waals surface area contributed by atoms with E-state index in [-0.39, 0.29) is 17.8 Å². The highest BCUT2D eigenvalue weighted by Gasteiger charge is 2.53. The van der Waals surface area contributed by atoms with E-state index >= 15 is 0 Å². The second kappa shape index (κ2) is 6.94. The van der Waals surface area contributed by atoms with Crippen LogP contribution in [0.5, 0.6) is 0 Å². The summed E-state index contributed by atoms with van der Waals surface area (Å²) >= 11 is 0. The Bertz CT molecular complexity index is 937. The number of carboxylic acids is 1. The number of carboxylic acid groups (broad SMARTS) is 1. The lowest BCUT2D eigenvalue weighted by Gasteiger charge is -2.26. The minimum Gasteiger partial charge on any atom is -0.480 e. The molecule has 0 radical (unpaired) electrons. The Kier molecular flexibility index (Phi) is 4.97. The predicted molar refractivity (Wildman–Crippen MR) is 96.3 cm³/mol. The molecular weight excluding hydrogens is 377 g/mol. The number of aromatic nitrogens is 2. The first kappa shape index (κ1) is 19.3. The van der Waals surface area contributed by atoms with Crippen molar-refractivity contribution in [3.8, 4) is 0 Å². The van der Waals surface area contributed by atoms with Crippen molar-refractivity contribution in [1.82, 2.24) is 14.5 Å². The second-order valence-electron chi connectivity index (χ2n) is 6.30. The minimum absolute atomic E-state index is 0.0572. The number of aliphatic carboxylic acids is 1. The quantitative estimate of drug-likeness (QED) is 0.293. The van der Waals surface area contributed by atoms with Gasteiger partial charge >= 0.3 is 23.3 Å². The summed E-state index contributed by atoms with van der Waals surface area (Å²) in [6.45, 7) is -0.661. The normalized spacial score (nSPS) is 23.3. The summed E-state index contributed by atoms with van der Waals surface area (Å²) in [5.41, 5.74) is 4.74. The van der Waals surface area contributed by atoms with Gasteiger partial charge in [0, 0.05) is 31.3 Å². The van der Waals surface area contributed by atoms with Gasteiger partial charge in [0.05, 0.1) is 0 Å². The number of nitrogens with zero attached hydrogens (tertiary/aromatic N) is 2. The Morgan fingerprint density at radius 2 is 2.15 bits per heavy atom. The summed E-state index contributed by atoms with van der Waals surface area (Å²) in [5, 5.41) is 34.5. The smallest absolute Gasteiger partial charge is 0.480 e. The molecule has 2 unspecified atom stereocenters. The third-order valence-electron chi connectivity index (χ3n) is 4.53. The maximum Gasteiger partial charge on any atom is 0.488 e. The zero-order valence-corrected chi connectivity index (χ0v) is 14.8. The van der Waals surface area contributed by atoms with Gasteiger partial charge in [0.1, 0.15) is 5.54 Å². The molecule has 144 valence electrons. The summed E-state index contributed by atoms with van der Waals surface area (Å²) in [6, 6.07) is 7.35. The maximum absolute atomic E-state index is 12.6. The van der Waals surface area contributed by atoms with E-state index in [1.54, 1.807) is 6.07 Å². The van der Waals surface area contributed by atoms with Crippen molar-refractivity contribution < 1.29 is 28.4 Å². The molecule has 27 heavy (non-hydrogen) atoms. The van der Waals surface area contributed by atoms with Crippen LogP contribution >= 0.6 is 0 Å². The van der Waals surface area contributed by atoms with Gasteiger partial charge in [-0.25, -0.2) is 0 Å². The molecule has 0 saturated carbocycles. The Balaban J connectivity index is 1.94. The van der Waals surface area contributed by atoms with Crippen molar-refractivity contribution in [2.75, 3.05) is 17.8 Å². The third kappa shape index (κ3) is 3.68. The number of rotatable bonds is 6. The average molecular weight is 395 g/mol. The van der Waals surface area contributed by atoms with Gasteiger partial charge in [-0.1, -0.05) is 24.3 Å². The monoisotopic (exact) mass is 395 g/mol. The first-order chi connectivity index (χ1) is 12.6. The number of hydrogen-bond donors (Lipinski definition) is 6. The van der Waals surface area contributed by atoms with Crippen LogP contribution in [0.3, 0.4) is 0 Å². The molecule has 0 bridgehead atoms. The third-order valence-corrected chi connectivity index (χ3v) is 5.95. The second-order valence-corrected chi connectivity index (χ2v) is 7.97. The fourth-order valence-corrected chi connectivity index (χ4v) is 4.32. The van der Waals surface area contributed by atoms with E-state index in [0.29, 0.717) is 5.56 Å². The molecule has 2 atom stereocenters. The lowest BCUT2D eigenvalue weighted by atomic mass is 9.76. The van der Waals surface area contributed by atoms with E-state index in [2.05, 4.69) is 14.9 Å². The molecule has 1 aliphatic rings. The number of nitrogens with two attached hydrogens (primary N) is 1. The number of anilines is 1. The highest BCUT2D eigenvalue weighted by Crippen LogP contribution is 2.36. The van der Waals surface area contributed by atoms with E-state index in [9.17, 15) is 28.4 Å². The van der Waals surface area contributed by atoms with Crippen molar-refractivity contribution in [3.05, 3.63) is 42.1 Å². The molecule has 3 rings (SSSR count). The van der Waals surface area contributed by atoms with Gasteiger partial charge in [0.25, 0.3) is 0 Å². The predicted octanol–water partition coefficient (Wildman–Crippen LogP) is -2.37. The standard InChI is InChI=1S/C14H18BN5O6S/c16-14(13(21)22)8-20(27(25,26)19-12-4-5-17-18-12)7-11(14)9-2-1-3-10(6-9)15(23)24/h1-6,11,23-24H,7-8,16H2,(H,21,22)(H2,17,18,19). The highest BCUT2D eigenvalue weighted by atomic mass is 32.2. The van der Waals surface area contributed by atoms with Crippen molar-refractivity contribution in [1.29, 1.82) is 0 Å². The molecule has 11 nitrogen and oxygen atoms in total. The largest absolute Gasteiger partial charge is 0.488 e. The van der Waals surface area contributed by atoms with E-state index in [4.69, 9.17) is 5.73 Å². The van der Waals surface area contributed by atoms with Crippen LogP contribution in [0.4, 0.5) is 5.82 Å². The molecule has 1 aliphatic heterocycles. The molecule has 7 N–H and O–H groups in total. The molecule has 0 aliphatic carbocycles. The van der Waals surface area contributed by atoms with Gasteiger partial charge in [0.2, 0.25) is 0 Å². The van der Waals surface area contributed by atoms with Gasteiger partial charge in [-0.2, -0.15) is 17.8 Å². The molecule has 0 amide bonds. The molecular formula is C14H18BN5O6S. The van der Waals surface area contributed by atoms with E-state index in [1.165, 1.54) is 30.5 Å². The molecule has 1 aromatic heterocycles. The van der Waals surface area contributed by atoms with Gasteiger partial charge in [-0.15, -0.1) is 0 Å². The number of aromatic amines is 1. The number of benzene rings is 1. The van der Waals surface area contributed by atoms with Gasteiger partial charge in [-0.3, -0.25) is 14.6 Å². The van der Waals surface area contributed by atoms with Crippen LogP contribution in [0.1, 0.15) is 11.5 Å². The van der Waals surface area contributed by atoms with E-state index in [1.807, 2.05) is 0 Å². The first-order valence-corrected chi connectivity index (χ1v) is 9.33. The molecule has 1 aromatic carbocycles. The Labute approximate surface area is 155 Å². The number of nitrogens with one attached hydrogen (secondary N) is 2. The van der Waals surface area contributed by atoms with Crippen molar-refractivity contribution in [2.45, 2.75) is 11.5 Å². The fourth-order valence-electron chi connectivity index (χ4n) is 3.09. The van der Waals surface area contributed by atoms with E-state index in [0.717, 1.165) is 4.31 Å². The Hall–Kier alpha value is -2.45. The van der Waals surface area contributed by atoms with Gasteiger partial charge in [0.15, 0.2) is 5.82 Å². The summed E-state index contributed by atoms with van der Waals surface area (Å²) in [4.78, 5) is 11.8. The number of hydrogen-bond acceptors (Lipinski definition) is 7. The summed E-state index contributed by atoms with van der Waals surface area (Å²) in [7, 11) is -5.84. The van der Waals surface area contributed by atoms with Crippen molar-refractivity contribution in [3.63, 3.8) is 0 Å². The van der Waals surface area contributed by atoms with Crippen LogP contribution in [-0.2, 0) is 15.0 Å². The topological polar surface area (TPSA) is 182 Å². The van der Waals surface area contributed by atoms with Crippen LogP contribution in [0.25, 0.3) is 0 Å². The lowest BCUT2D eigenvalue weighted by molar-refractivity contribution is -0.143. The molecule has 1 saturated heterocycles. The zero-order valence-electron chi connectivity index (χ0n) is 14.0. The lowest BCUT2D eigenvalue weighted by Crippen LogP contribution is -2.54. The molecule has 2 heterocycles. The molecule has 2 aromatic rings. The van der Waals surface area contributed by atoms with Crippen LogP contribution in [0, 0.1) is 0 Å². The molecule has 1 fully saturated rings. The van der Waals surface area contributed by atoms with Gasteiger partial charge in [-0.05, 0) is 11.0 Å². The Morgan fingerprint density at radius 1 is 1.41 bits per heavy atom. The zero-order chi connectivity index (χ0) is 19.8. The van der Waals surface area contributed by atoms with Crippen LogP contribution in [-0.4, -0.2) is 69.8 Å². The van der Waals surface area contributed by atoms with Crippen LogP contribution in [0.15, 0.2) is 36.5 Å². The minimum atomic E-state index is -4.10. The number of carbonyl (C=O) groups is 1. The van der Waals surface area contributed by atoms with Crippen molar-refractivity contribution in [2.24, 2.45) is 5.73 Å². The Morgan fingerprint density at radius 3 is 2.74 bits per heavy atom. The summed E-state index contributed by atoms with van der Waals surface area (Å²) < 4.78 is 28.4. The van der Waals surface area contributed by atoms with Crippen molar-refractivity contribution >= 4 is 34.6 Å². The molecule has 0 spiro atoms. The van der Waals surface area contributed by atoms with E-state index < -0.39 is 41.3 Å². The fraction of sp³-hybridized carbons (Fsp3) is 0.286. The first-order valence-electron chi connectivity index (χ1n) is 7.89. The molecule has 13 heteroatoms. The maximum atomic E-state index is 12.6. The summed E-state index contributed by atoms with van der Waals surface area (Å²) in [6.07, 6.45) is 1.43. The highest BCUT2D eigenvalue weighted by molar-refractivity contribution is 7.90. The van der Waals surface area contributed by atoms with Crippen LogP contribution < -0.4 is 15.9 Å². The van der Waals surface area contributed by atoms with Crippen LogP contribution in [0.2, 0.25) is 0 Å². The summed E-state index contributed by atoms with van der Waals surface area (Å²) in [5.74, 6) is -2.20. The number of H-pyrrole nitrogens is 1.